The number of aliphatic hydroxyl groups excluding tert-OH is 1. The Hall–Kier alpha value is -3.93. The molecular formula is C27H26N2O4. The van der Waals surface area contributed by atoms with Gasteiger partial charge in [0.2, 0.25) is 0 Å². The Morgan fingerprint density at radius 2 is 1.85 bits per heavy atom. The van der Waals surface area contributed by atoms with E-state index in [2.05, 4.69) is 18.8 Å². The number of ether oxygens (including phenoxy) is 1. The van der Waals surface area contributed by atoms with Crippen LogP contribution in [0.1, 0.15) is 48.1 Å². The minimum Gasteiger partial charge on any atom is -0.507 e. The molecule has 168 valence electrons. The van der Waals surface area contributed by atoms with Gasteiger partial charge >= 0.3 is 0 Å². The Balaban J connectivity index is 1.85. The monoisotopic (exact) mass is 442 g/mol. The molecule has 33 heavy (non-hydrogen) atoms. The number of carbonyl (C=O) groups is 2. The van der Waals surface area contributed by atoms with E-state index in [0.29, 0.717) is 17.2 Å². The van der Waals surface area contributed by atoms with Gasteiger partial charge in [-0.25, -0.2) is 0 Å². The smallest absolute Gasteiger partial charge is 0.295 e. The lowest BCUT2D eigenvalue weighted by molar-refractivity contribution is -0.140. The Morgan fingerprint density at radius 1 is 1.09 bits per heavy atom. The third kappa shape index (κ3) is 4.37. The molecule has 4 rings (SSSR count). The predicted octanol–water partition coefficient (Wildman–Crippen LogP) is 4.84. The molecule has 0 bridgehead atoms. The van der Waals surface area contributed by atoms with Crippen LogP contribution in [-0.2, 0) is 16.1 Å². The summed E-state index contributed by atoms with van der Waals surface area (Å²) >= 11 is 0. The maximum Gasteiger partial charge on any atom is 0.295 e. The van der Waals surface area contributed by atoms with Crippen LogP contribution in [0, 0.1) is 0 Å². The minimum absolute atomic E-state index is 0.0643. The topological polar surface area (TPSA) is 79.7 Å². The van der Waals surface area contributed by atoms with Crippen molar-refractivity contribution in [1.29, 1.82) is 0 Å². The van der Waals surface area contributed by atoms with Crippen LogP contribution in [0.15, 0.2) is 78.6 Å². The highest BCUT2D eigenvalue weighted by molar-refractivity contribution is 6.46. The summed E-state index contributed by atoms with van der Waals surface area (Å²) in [5, 5.41) is 11.2. The number of pyridine rings is 1. The molecule has 1 saturated heterocycles. The maximum absolute atomic E-state index is 13.2. The van der Waals surface area contributed by atoms with Crippen molar-refractivity contribution in [2.24, 2.45) is 0 Å². The highest BCUT2D eigenvalue weighted by atomic mass is 16.5. The Morgan fingerprint density at radius 3 is 2.48 bits per heavy atom. The van der Waals surface area contributed by atoms with Gasteiger partial charge in [-0.15, -0.1) is 0 Å². The molecule has 3 aromatic rings. The Bertz CT molecular complexity index is 1200. The van der Waals surface area contributed by atoms with Crippen LogP contribution < -0.4 is 4.74 Å². The van der Waals surface area contributed by atoms with Crippen LogP contribution in [0.5, 0.6) is 5.75 Å². The first-order valence-electron chi connectivity index (χ1n) is 10.8. The minimum atomic E-state index is -0.724. The number of nitrogens with zero attached hydrogens (tertiary/aromatic N) is 2. The molecule has 1 aliphatic heterocycles. The van der Waals surface area contributed by atoms with Crippen LogP contribution in [0.4, 0.5) is 0 Å². The van der Waals surface area contributed by atoms with E-state index in [1.807, 2.05) is 30.3 Å². The van der Waals surface area contributed by atoms with Gasteiger partial charge in [0, 0.05) is 24.5 Å². The van der Waals surface area contributed by atoms with E-state index in [4.69, 9.17) is 4.74 Å². The number of aliphatic hydroxyl groups is 1. The second kappa shape index (κ2) is 9.28. The van der Waals surface area contributed by atoms with Crippen molar-refractivity contribution in [3.63, 3.8) is 0 Å². The van der Waals surface area contributed by atoms with E-state index < -0.39 is 17.7 Å². The second-order valence-corrected chi connectivity index (χ2v) is 8.34. The third-order valence-electron chi connectivity index (χ3n) is 5.88. The van der Waals surface area contributed by atoms with Crippen molar-refractivity contribution in [3.05, 3.63) is 101 Å². The lowest BCUT2D eigenvalue weighted by Gasteiger charge is -2.25. The summed E-state index contributed by atoms with van der Waals surface area (Å²) in [4.78, 5) is 31.9. The van der Waals surface area contributed by atoms with E-state index in [1.54, 1.807) is 42.7 Å². The zero-order valence-corrected chi connectivity index (χ0v) is 18.9. The van der Waals surface area contributed by atoms with Crippen molar-refractivity contribution < 1.29 is 19.4 Å². The fourth-order valence-electron chi connectivity index (χ4n) is 4.07. The molecule has 2 aromatic carbocycles. The summed E-state index contributed by atoms with van der Waals surface area (Å²) in [6, 6.07) is 17.5. The maximum atomic E-state index is 13.2. The number of likely N-dealkylation sites (tertiary alicyclic amines) is 1. The molecule has 0 spiro atoms. The molecule has 6 nitrogen and oxygen atoms in total. The second-order valence-electron chi connectivity index (χ2n) is 8.34. The summed E-state index contributed by atoms with van der Waals surface area (Å²) in [5.41, 5.74) is 3.18. The van der Waals surface area contributed by atoms with E-state index >= 15 is 0 Å². The average Bonchev–Trinajstić information content (AvgIpc) is 3.09. The molecule has 6 heteroatoms. The largest absolute Gasteiger partial charge is 0.507 e. The lowest BCUT2D eigenvalue weighted by atomic mass is 9.93. The first-order valence-corrected chi connectivity index (χ1v) is 10.8. The molecule has 1 aliphatic rings. The number of hydrogen-bond donors (Lipinski definition) is 1. The van der Waals surface area contributed by atoms with Gasteiger partial charge in [-0.1, -0.05) is 56.3 Å². The molecule has 0 radical (unpaired) electrons. The first kappa shape index (κ1) is 22.3. The quantitative estimate of drug-likeness (QED) is 0.336. The number of rotatable bonds is 6. The Labute approximate surface area is 193 Å². The van der Waals surface area contributed by atoms with Crippen molar-refractivity contribution in [1.82, 2.24) is 9.88 Å². The van der Waals surface area contributed by atoms with Gasteiger partial charge in [0.25, 0.3) is 11.7 Å². The van der Waals surface area contributed by atoms with Crippen molar-refractivity contribution >= 4 is 17.4 Å². The molecule has 1 fully saturated rings. The number of methoxy groups -OCH3 is 1. The van der Waals surface area contributed by atoms with Gasteiger partial charge in [0.15, 0.2) is 0 Å². The summed E-state index contributed by atoms with van der Waals surface area (Å²) < 4.78 is 5.26. The zero-order valence-electron chi connectivity index (χ0n) is 18.9. The number of benzene rings is 2. The number of amides is 1. The molecule has 2 heterocycles. The van der Waals surface area contributed by atoms with Gasteiger partial charge < -0.3 is 14.7 Å². The first-order chi connectivity index (χ1) is 15.9. The molecule has 1 aromatic heterocycles. The molecule has 1 atom stereocenters. The fraction of sp³-hybridized carbons (Fsp3) is 0.222. The fourth-order valence-corrected chi connectivity index (χ4v) is 4.07. The molecule has 1 amide bonds. The number of aromatic nitrogens is 1. The van der Waals surface area contributed by atoms with E-state index in [0.717, 1.165) is 16.7 Å². The molecule has 0 saturated carbocycles. The van der Waals surface area contributed by atoms with Crippen LogP contribution in [0.3, 0.4) is 0 Å². The highest BCUT2D eigenvalue weighted by Crippen LogP contribution is 2.40. The van der Waals surface area contributed by atoms with Gasteiger partial charge in [-0.05, 0) is 40.8 Å². The molecule has 0 unspecified atom stereocenters. The summed E-state index contributed by atoms with van der Waals surface area (Å²) in [6.07, 6.45) is 3.32. The number of ketones is 1. The number of Topliss-reactive ketones (excluding diaryl/α,β-unsaturated/α-hetero) is 1. The van der Waals surface area contributed by atoms with Gasteiger partial charge in [-0.2, -0.15) is 0 Å². The number of hydrogen-bond acceptors (Lipinski definition) is 5. The van der Waals surface area contributed by atoms with Crippen LogP contribution in [-0.4, -0.2) is 33.8 Å². The highest BCUT2D eigenvalue weighted by Gasteiger charge is 2.46. The van der Waals surface area contributed by atoms with E-state index in [-0.39, 0.29) is 17.9 Å². The summed E-state index contributed by atoms with van der Waals surface area (Å²) in [7, 11) is 1.53. The van der Waals surface area contributed by atoms with Gasteiger partial charge in [0.1, 0.15) is 11.5 Å². The van der Waals surface area contributed by atoms with Crippen LogP contribution in [0.25, 0.3) is 5.76 Å². The van der Waals surface area contributed by atoms with Gasteiger partial charge in [0.05, 0.1) is 18.7 Å². The SMILES string of the molecule is COc1cccc(C(O)=C2C(=O)C(=O)N(Cc3cccnc3)[C@@H]2c2ccc(C(C)C)cc2)c1. The summed E-state index contributed by atoms with van der Waals surface area (Å²) in [5.74, 6) is -0.698. The van der Waals surface area contributed by atoms with Crippen LogP contribution in [0.2, 0.25) is 0 Å². The summed E-state index contributed by atoms with van der Waals surface area (Å²) in [6.45, 7) is 4.41. The van der Waals surface area contributed by atoms with E-state index in [1.165, 1.54) is 12.0 Å². The standard InChI is InChI=1S/C27H26N2O4/c1-17(2)19-9-11-20(12-10-19)24-23(25(30)21-7-4-8-22(14-21)33-3)26(31)27(32)29(24)16-18-6-5-13-28-15-18/h4-15,17,24,30H,16H2,1-3H3/t24-/m1/s1. The molecular weight excluding hydrogens is 416 g/mol. The van der Waals surface area contributed by atoms with Crippen molar-refractivity contribution in [2.45, 2.75) is 32.4 Å². The normalized spacial score (nSPS) is 17.6. The average molecular weight is 443 g/mol. The number of carbonyl (C=O) groups excluding carboxylic acids is 2. The molecule has 1 N–H and O–H groups in total. The van der Waals surface area contributed by atoms with Crippen molar-refractivity contribution in [3.8, 4) is 5.75 Å². The van der Waals surface area contributed by atoms with Crippen LogP contribution >= 0.6 is 0 Å². The predicted molar refractivity (Wildman–Crippen MR) is 126 cm³/mol. The van der Waals surface area contributed by atoms with Gasteiger partial charge in [-0.3, -0.25) is 14.6 Å². The molecule has 0 aliphatic carbocycles. The Kier molecular flexibility index (Phi) is 6.27. The van der Waals surface area contributed by atoms with Crippen molar-refractivity contribution in [2.75, 3.05) is 7.11 Å². The zero-order chi connectivity index (χ0) is 23.5. The lowest BCUT2D eigenvalue weighted by Crippen LogP contribution is -2.29. The van der Waals surface area contributed by atoms with E-state index in [9.17, 15) is 14.7 Å². The third-order valence-corrected chi connectivity index (χ3v) is 5.88.